The van der Waals surface area contributed by atoms with Crippen LogP contribution in [0.2, 0.25) is 0 Å². The van der Waals surface area contributed by atoms with Crippen LogP contribution in [0.4, 0.5) is 10.1 Å². The lowest BCUT2D eigenvalue weighted by Crippen LogP contribution is -2.18. The molecule has 3 nitrogen and oxygen atoms in total. The smallest absolute Gasteiger partial charge is 0.340 e. The largest absolute Gasteiger partial charge is 0.465 e. The van der Waals surface area contributed by atoms with Gasteiger partial charge in [-0.2, -0.15) is 0 Å². The summed E-state index contributed by atoms with van der Waals surface area (Å²) in [4.78, 5) is 13.5. The summed E-state index contributed by atoms with van der Waals surface area (Å²) < 4.78 is 17.9. The third-order valence-corrected chi connectivity index (χ3v) is 2.83. The molecule has 1 aliphatic rings. The van der Waals surface area contributed by atoms with Crippen molar-refractivity contribution in [1.29, 1.82) is 0 Å². The zero-order chi connectivity index (χ0) is 11.5. The average Bonchev–Trinajstić information content (AvgIpc) is 2.82. The van der Waals surface area contributed by atoms with E-state index in [1.807, 2.05) is 0 Å². The van der Waals surface area contributed by atoms with Crippen molar-refractivity contribution in [3.8, 4) is 0 Å². The van der Waals surface area contributed by atoms with Gasteiger partial charge in [0.15, 0.2) is 0 Å². The summed E-state index contributed by atoms with van der Waals surface area (Å²) in [5.74, 6) is -1.16. The number of hydrogen-bond acceptors (Lipinski definition) is 3. The van der Waals surface area contributed by atoms with E-state index in [9.17, 15) is 9.18 Å². The van der Waals surface area contributed by atoms with Crippen LogP contribution in [0.25, 0.3) is 0 Å². The molecule has 0 spiro atoms. The van der Waals surface area contributed by atoms with Gasteiger partial charge < -0.3 is 9.64 Å². The highest BCUT2D eigenvalue weighted by Gasteiger charge is 2.17. The third-order valence-electron chi connectivity index (χ3n) is 2.83. The van der Waals surface area contributed by atoms with E-state index in [0.717, 1.165) is 31.6 Å². The maximum Gasteiger partial charge on any atom is 0.340 e. The Labute approximate surface area is 93.8 Å². The Morgan fingerprint density at radius 2 is 2.06 bits per heavy atom. The van der Waals surface area contributed by atoms with Crippen LogP contribution < -0.4 is 4.90 Å². The van der Waals surface area contributed by atoms with Crippen molar-refractivity contribution in [1.82, 2.24) is 0 Å². The van der Waals surface area contributed by atoms with Crippen molar-refractivity contribution in [2.24, 2.45) is 0 Å². The Bertz CT molecular complexity index is 400. The number of anilines is 1. The fraction of sp³-hybridized carbons (Fsp3) is 0.417. The number of carbonyl (C=O) groups is 1. The maximum atomic E-state index is 13.4. The van der Waals surface area contributed by atoms with Gasteiger partial charge in [-0.25, -0.2) is 9.18 Å². The topological polar surface area (TPSA) is 29.5 Å². The van der Waals surface area contributed by atoms with Gasteiger partial charge in [0.25, 0.3) is 0 Å². The van der Waals surface area contributed by atoms with Gasteiger partial charge in [-0.05, 0) is 31.0 Å². The second-order valence-electron chi connectivity index (χ2n) is 3.85. The lowest BCUT2D eigenvalue weighted by molar-refractivity contribution is 0.0595. The first-order chi connectivity index (χ1) is 7.72. The second kappa shape index (κ2) is 4.51. The van der Waals surface area contributed by atoms with Crippen LogP contribution in [-0.2, 0) is 4.74 Å². The van der Waals surface area contributed by atoms with E-state index in [2.05, 4.69) is 9.64 Å². The summed E-state index contributed by atoms with van der Waals surface area (Å²) in [6, 6.07) is 4.58. The molecule has 16 heavy (non-hydrogen) atoms. The van der Waals surface area contributed by atoms with E-state index < -0.39 is 11.8 Å². The number of ether oxygens (including phenoxy) is 1. The molecule has 1 heterocycles. The Kier molecular flexibility index (Phi) is 3.08. The van der Waals surface area contributed by atoms with Crippen molar-refractivity contribution < 1.29 is 13.9 Å². The summed E-state index contributed by atoms with van der Waals surface area (Å²) in [5, 5.41) is 0. The predicted octanol–water partition coefficient (Wildman–Crippen LogP) is 2.21. The summed E-state index contributed by atoms with van der Waals surface area (Å²) in [5.41, 5.74) is 0.895. The highest BCUT2D eigenvalue weighted by Crippen LogP contribution is 2.23. The van der Waals surface area contributed by atoms with Crippen molar-refractivity contribution in [2.75, 3.05) is 25.1 Å². The first-order valence-electron chi connectivity index (χ1n) is 5.35. The molecule has 0 bridgehead atoms. The molecule has 1 fully saturated rings. The van der Waals surface area contributed by atoms with Crippen molar-refractivity contribution in [3.63, 3.8) is 0 Å². The Morgan fingerprint density at radius 3 is 2.69 bits per heavy atom. The molecule has 0 unspecified atom stereocenters. The minimum absolute atomic E-state index is 0.00639. The molecule has 0 aromatic heterocycles. The molecule has 0 aliphatic carbocycles. The minimum atomic E-state index is -0.626. The molecular formula is C12H14FNO2. The molecule has 0 saturated carbocycles. The van der Waals surface area contributed by atoms with Gasteiger partial charge in [0.2, 0.25) is 0 Å². The molecule has 0 radical (unpaired) electrons. The number of benzene rings is 1. The standard InChI is InChI=1S/C12H14FNO2/c1-16-12(15)10-8-9(4-5-11(10)13)14-6-2-3-7-14/h4-5,8H,2-3,6-7H2,1H3. The van der Waals surface area contributed by atoms with Gasteiger partial charge in [0.05, 0.1) is 12.7 Å². The molecule has 1 aromatic carbocycles. The van der Waals surface area contributed by atoms with Gasteiger partial charge in [0, 0.05) is 18.8 Å². The SMILES string of the molecule is COC(=O)c1cc(N2CCCC2)ccc1F. The zero-order valence-electron chi connectivity index (χ0n) is 9.20. The fourth-order valence-corrected chi connectivity index (χ4v) is 1.95. The molecule has 1 aromatic rings. The Hall–Kier alpha value is -1.58. The second-order valence-corrected chi connectivity index (χ2v) is 3.85. The Balaban J connectivity index is 2.30. The monoisotopic (exact) mass is 223 g/mol. The number of halogens is 1. The van der Waals surface area contributed by atoms with E-state index in [0.29, 0.717) is 0 Å². The average molecular weight is 223 g/mol. The first kappa shape index (κ1) is 10.9. The van der Waals surface area contributed by atoms with Crippen LogP contribution in [0.15, 0.2) is 18.2 Å². The van der Waals surface area contributed by atoms with E-state index in [1.165, 1.54) is 13.2 Å². The lowest BCUT2D eigenvalue weighted by Gasteiger charge is -2.18. The van der Waals surface area contributed by atoms with Crippen LogP contribution in [0.3, 0.4) is 0 Å². The van der Waals surface area contributed by atoms with Gasteiger partial charge in [-0.1, -0.05) is 0 Å². The third kappa shape index (κ3) is 2.01. The van der Waals surface area contributed by atoms with E-state index in [1.54, 1.807) is 12.1 Å². The normalized spacial score (nSPS) is 15.2. The zero-order valence-corrected chi connectivity index (χ0v) is 9.20. The quantitative estimate of drug-likeness (QED) is 0.720. The molecule has 1 saturated heterocycles. The lowest BCUT2D eigenvalue weighted by atomic mass is 10.2. The van der Waals surface area contributed by atoms with E-state index >= 15 is 0 Å². The number of hydrogen-bond donors (Lipinski definition) is 0. The summed E-state index contributed by atoms with van der Waals surface area (Å²) in [6.07, 6.45) is 2.29. The highest BCUT2D eigenvalue weighted by atomic mass is 19.1. The van der Waals surface area contributed by atoms with Crippen molar-refractivity contribution in [2.45, 2.75) is 12.8 Å². The number of nitrogens with zero attached hydrogens (tertiary/aromatic N) is 1. The van der Waals surface area contributed by atoms with E-state index in [-0.39, 0.29) is 5.56 Å². The molecule has 0 N–H and O–H groups in total. The van der Waals surface area contributed by atoms with Gasteiger partial charge >= 0.3 is 5.97 Å². The van der Waals surface area contributed by atoms with Gasteiger partial charge in [-0.3, -0.25) is 0 Å². The number of methoxy groups -OCH3 is 1. The van der Waals surface area contributed by atoms with Crippen molar-refractivity contribution in [3.05, 3.63) is 29.6 Å². The molecule has 0 amide bonds. The molecule has 0 atom stereocenters. The number of esters is 1. The number of carbonyl (C=O) groups excluding carboxylic acids is 1. The van der Waals surface area contributed by atoms with Crippen LogP contribution in [-0.4, -0.2) is 26.2 Å². The fourth-order valence-electron chi connectivity index (χ4n) is 1.95. The Morgan fingerprint density at radius 1 is 1.38 bits per heavy atom. The molecule has 4 heteroatoms. The summed E-state index contributed by atoms with van der Waals surface area (Å²) in [7, 11) is 1.25. The molecular weight excluding hydrogens is 209 g/mol. The molecule has 86 valence electrons. The van der Waals surface area contributed by atoms with Crippen LogP contribution >= 0.6 is 0 Å². The van der Waals surface area contributed by atoms with Crippen LogP contribution in [0.5, 0.6) is 0 Å². The molecule has 2 rings (SSSR count). The van der Waals surface area contributed by atoms with Crippen molar-refractivity contribution >= 4 is 11.7 Å². The summed E-state index contributed by atoms with van der Waals surface area (Å²) in [6.45, 7) is 1.93. The first-order valence-corrected chi connectivity index (χ1v) is 5.35. The predicted molar refractivity (Wildman–Crippen MR) is 59.2 cm³/mol. The van der Waals surface area contributed by atoms with Gasteiger partial charge in [0.1, 0.15) is 5.82 Å². The van der Waals surface area contributed by atoms with E-state index in [4.69, 9.17) is 0 Å². The maximum absolute atomic E-state index is 13.4. The van der Waals surface area contributed by atoms with Gasteiger partial charge in [-0.15, -0.1) is 0 Å². The highest BCUT2D eigenvalue weighted by molar-refractivity contribution is 5.90. The van der Waals surface area contributed by atoms with Crippen LogP contribution in [0, 0.1) is 5.82 Å². The number of rotatable bonds is 2. The molecule has 1 aliphatic heterocycles. The minimum Gasteiger partial charge on any atom is -0.465 e. The van der Waals surface area contributed by atoms with Crippen LogP contribution in [0.1, 0.15) is 23.2 Å². The summed E-state index contributed by atoms with van der Waals surface area (Å²) >= 11 is 0.